The summed E-state index contributed by atoms with van der Waals surface area (Å²) in [6.07, 6.45) is -0.477. The lowest BCUT2D eigenvalue weighted by molar-refractivity contribution is -0.118. The van der Waals surface area contributed by atoms with Crippen LogP contribution in [0.4, 0.5) is 4.79 Å². The summed E-state index contributed by atoms with van der Waals surface area (Å²) in [4.78, 5) is 22.3. The van der Waals surface area contributed by atoms with Crippen LogP contribution in [0.5, 0.6) is 0 Å². The highest BCUT2D eigenvalue weighted by molar-refractivity contribution is 9.09. The molecule has 6 nitrogen and oxygen atoms in total. The normalized spacial score (nSPS) is 9.95. The lowest BCUT2D eigenvalue weighted by atomic mass is 10.2. The third-order valence-electron chi connectivity index (χ3n) is 2.42. The molecule has 0 aliphatic heterocycles. The van der Waals surface area contributed by atoms with Gasteiger partial charge in [0.05, 0.1) is 18.5 Å². The summed E-state index contributed by atoms with van der Waals surface area (Å²) in [5.41, 5.74) is 0.937. The van der Waals surface area contributed by atoms with Gasteiger partial charge in [0, 0.05) is 13.1 Å². The number of halogens is 1. The molecule has 0 aliphatic rings. The van der Waals surface area contributed by atoms with Crippen LogP contribution in [0.2, 0.25) is 0 Å². The number of carbonyl (C=O) groups is 2. The molecule has 0 unspecified atom stereocenters. The molecule has 1 aromatic carbocycles. The minimum atomic E-state index is -0.477. The zero-order valence-corrected chi connectivity index (χ0v) is 13.2. The van der Waals surface area contributed by atoms with E-state index in [1.54, 1.807) is 0 Å². The van der Waals surface area contributed by atoms with E-state index in [9.17, 15) is 9.59 Å². The third-order valence-corrected chi connectivity index (χ3v) is 2.93. The Labute approximate surface area is 132 Å². The van der Waals surface area contributed by atoms with Gasteiger partial charge in [-0.15, -0.1) is 0 Å². The fourth-order valence-corrected chi connectivity index (χ4v) is 1.61. The molecule has 0 radical (unpaired) electrons. The van der Waals surface area contributed by atoms with E-state index in [4.69, 9.17) is 9.47 Å². The summed E-state index contributed by atoms with van der Waals surface area (Å²) in [6.45, 7) is 1.82. The number of amides is 2. The van der Waals surface area contributed by atoms with Crippen LogP contribution in [0.3, 0.4) is 0 Å². The van der Waals surface area contributed by atoms with Gasteiger partial charge in [-0.3, -0.25) is 4.79 Å². The van der Waals surface area contributed by atoms with E-state index in [-0.39, 0.29) is 17.8 Å². The zero-order valence-electron chi connectivity index (χ0n) is 11.6. The molecule has 21 heavy (non-hydrogen) atoms. The van der Waals surface area contributed by atoms with Crippen LogP contribution in [0, 0.1) is 0 Å². The van der Waals surface area contributed by atoms with E-state index in [0.717, 1.165) is 5.56 Å². The number of ether oxygens (including phenoxy) is 2. The van der Waals surface area contributed by atoms with Crippen molar-refractivity contribution in [2.75, 3.05) is 31.6 Å². The highest BCUT2D eigenvalue weighted by Crippen LogP contribution is 2.00. The van der Waals surface area contributed by atoms with Gasteiger partial charge in [-0.05, 0) is 5.56 Å². The van der Waals surface area contributed by atoms with Gasteiger partial charge in [-0.1, -0.05) is 46.3 Å². The van der Waals surface area contributed by atoms with Crippen molar-refractivity contribution < 1.29 is 19.1 Å². The molecule has 1 aromatic rings. The molecular formula is C14H19BrN2O4. The van der Waals surface area contributed by atoms with Crippen LogP contribution in [-0.2, 0) is 20.9 Å². The number of benzene rings is 1. The Balaban J connectivity index is 1.95. The lowest BCUT2D eigenvalue weighted by Crippen LogP contribution is -2.30. The average Bonchev–Trinajstić information content (AvgIpc) is 2.52. The smallest absolute Gasteiger partial charge is 0.407 e. The molecular weight excluding hydrogens is 340 g/mol. The molecule has 2 amide bonds. The second kappa shape index (κ2) is 11.1. The molecule has 0 saturated heterocycles. The molecule has 1 rings (SSSR count). The highest BCUT2D eigenvalue weighted by Gasteiger charge is 2.01. The summed E-state index contributed by atoms with van der Waals surface area (Å²) >= 11 is 3.04. The Kier molecular flexibility index (Phi) is 9.23. The van der Waals surface area contributed by atoms with E-state index in [1.165, 1.54) is 0 Å². The lowest BCUT2D eigenvalue weighted by Gasteiger charge is -2.08. The molecule has 0 heterocycles. The maximum atomic E-state index is 11.4. The van der Waals surface area contributed by atoms with Gasteiger partial charge in [0.25, 0.3) is 0 Å². The van der Waals surface area contributed by atoms with Crippen molar-refractivity contribution in [3.8, 4) is 0 Å². The van der Waals surface area contributed by atoms with Crippen molar-refractivity contribution in [3.63, 3.8) is 0 Å². The molecule has 2 N–H and O–H groups in total. The van der Waals surface area contributed by atoms with Crippen LogP contribution < -0.4 is 10.6 Å². The van der Waals surface area contributed by atoms with Gasteiger partial charge in [0.1, 0.15) is 6.61 Å². The maximum absolute atomic E-state index is 11.4. The SMILES string of the molecule is O=C(CBr)NCCOCCNC(=O)OCc1ccccc1. The molecule has 0 bridgehead atoms. The largest absolute Gasteiger partial charge is 0.445 e. The summed E-state index contributed by atoms with van der Waals surface area (Å²) in [6, 6.07) is 9.45. The van der Waals surface area contributed by atoms with E-state index in [2.05, 4.69) is 26.6 Å². The van der Waals surface area contributed by atoms with Gasteiger partial charge in [0.15, 0.2) is 0 Å². The molecule has 0 aromatic heterocycles. The monoisotopic (exact) mass is 358 g/mol. The number of hydrogen-bond acceptors (Lipinski definition) is 4. The first kappa shape index (κ1) is 17.5. The van der Waals surface area contributed by atoms with Gasteiger partial charge in [-0.2, -0.15) is 0 Å². The van der Waals surface area contributed by atoms with E-state index >= 15 is 0 Å². The number of hydrogen-bond donors (Lipinski definition) is 2. The zero-order chi connectivity index (χ0) is 15.3. The number of alkyl carbamates (subject to hydrolysis) is 1. The van der Waals surface area contributed by atoms with Crippen LogP contribution in [0.15, 0.2) is 30.3 Å². The third kappa shape index (κ3) is 9.04. The van der Waals surface area contributed by atoms with Crippen molar-refractivity contribution in [3.05, 3.63) is 35.9 Å². The Hall–Kier alpha value is -1.60. The summed E-state index contributed by atoms with van der Waals surface area (Å²) in [5, 5.41) is 5.51. The van der Waals surface area contributed by atoms with Crippen LogP contribution in [-0.4, -0.2) is 43.6 Å². The molecule has 0 saturated carbocycles. The molecule has 0 atom stereocenters. The molecule has 0 spiro atoms. The Morgan fingerprint density at radius 1 is 1.05 bits per heavy atom. The first-order chi connectivity index (χ1) is 10.2. The Morgan fingerprint density at radius 2 is 1.71 bits per heavy atom. The van der Waals surface area contributed by atoms with Crippen LogP contribution in [0.25, 0.3) is 0 Å². The fourth-order valence-electron chi connectivity index (χ4n) is 1.41. The summed E-state index contributed by atoms with van der Waals surface area (Å²) in [7, 11) is 0. The summed E-state index contributed by atoms with van der Waals surface area (Å²) in [5.74, 6) is -0.0822. The van der Waals surface area contributed by atoms with E-state index in [1.807, 2.05) is 30.3 Å². The minimum absolute atomic E-state index is 0.0822. The molecule has 0 fully saturated rings. The second-order valence-corrected chi connectivity index (χ2v) is 4.65. The number of nitrogens with one attached hydrogen (secondary N) is 2. The topological polar surface area (TPSA) is 76.7 Å². The molecule has 0 aliphatic carbocycles. The van der Waals surface area contributed by atoms with Gasteiger partial charge in [0.2, 0.25) is 5.91 Å². The van der Waals surface area contributed by atoms with Gasteiger partial charge in [-0.25, -0.2) is 4.79 Å². The maximum Gasteiger partial charge on any atom is 0.407 e. The first-order valence-corrected chi connectivity index (χ1v) is 7.69. The molecule has 7 heteroatoms. The number of rotatable bonds is 9. The van der Waals surface area contributed by atoms with Crippen LogP contribution >= 0.6 is 15.9 Å². The first-order valence-electron chi connectivity index (χ1n) is 6.57. The van der Waals surface area contributed by atoms with Crippen LogP contribution in [0.1, 0.15) is 5.56 Å². The van der Waals surface area contributed by atoms with Gasteiger partial charge >= 0.3 is 6.09 Å². The Bertz CT molecular complexity index is 428. The van der Waals surface area contributed by atoms with Crippen molar-refractivity contribution in [1.29, 1.82) is 0 Å². The Morgan fingerprint density at radius 3 is 2.38 bits per heavy atom. The van der Waals surface area contributed by atoms with Crippen molar-refractivity contribution in [2.45, 2.75) is 6.61 Å². The number of carbonyl (C=O) groups excluding carboxylic acids is 2. The van der Waals surface area contributed by atoms with Crippen molar-refractivity contribution in [2.24, 2.45) is 0 Å². The van der Waals surface area contributed by atoms with Crippen molar-refractivity contribution >= 4 is 27.9 Å². The van der Waals surface area contributed by atoms with E-state index in [0.29, 0.717) is 26.3 Å². The van der Waals surface area contributed by atoms with Gasteiger partial charge < -0.3 is 20.1 Å². The minimum Gasteiger partial charge on any atom is -0.445 e. The van der Waals surface area contributed by atoms with E-state index < -0.39 is 6.09 Å². The number of alkyl halides is 1. The van der Waals surface area contributed by atoms with Crippen molar-refractivity contribution in [1.82, 2.24) is 10.6 Å². The standard InChI is InChI=1S/C14H19BrN2O4/c15-10-13(18)16-6-8-20-9-7-17-14(19)21-11-12-4-2-1-3-5-12/h1-5H,6-11H2,(H,16,18)(H,17,19). The predicted octanol–water partition coefficient (Wildman–Crippen LogP) is 1.44. The highest BCUT2D eigenvalue weighted by atomic mass is 79.9. The second-order valence-electron chi connectivity index (χ2n) is 4.08. The molecule has 116 valence electrons. The predicted molar refractivity (Wildman–Crippen MR) is 82.3 cm³/mol. The average molecular weight is 359 g/mol. The fraction of sp³-hybridized carbons (Fsp3) is 0.429. The quantitative estimate of drug-likeness (QED) is 0.517. The summed E-state index contributed by atoms with van der Waals surface area (Å²) < 4.78 is 10.3.